The van der Waals surface area contributed by atoms with Gasteiger partial charge in [-0.1, -0.05) is 56.0 Å². The maximum absolute atomic E-state index is 14.4. The number of cyclic esters (lactones) is 1. The molecule has 0 radical (unpaired) electrons. The van der Waals surface area contributed by atoms with Crippen LogP contribution in [0.3, 0.4) is 0 Å². The molecule has 3 heterocycles. The highest BCUT2D eigenvalue weighted by molar-refractivity contribution is 6.00. The number of hydrogen-bond donors (Lipinski definition) is 2. The molecule has 4 rings (SSSR count). The van der Waals surface area contributed by atoms with Crippen molar-refractivity contribution in [3.63, 3.8) is 0 Å². The van der Waals surface area contributed by atoms with E-state index >= 15 is 0 Å². The van der Waals surface area contributed by atoms with Crippen LogP contribution in [0.5, 0.6) is 0 Å². The van der Waals surface area contributed by atoms with Crippen LogP contribution in [0.1, 0.15) is 86.6 Å². The number of aliphatic hydroxyl groups is 2. The summed E-state index contributed by atoms with van der Waals surface area (Å²) >= 11 is 0. The molecule has 0 saturated carbocycles. The van der Waals surface area contributed by atoms with Gasteiger partial charge in [-0.3, -0.25) is 14.4 Å². The molecule has 0 aromatic heterocycles. The van der Waals surface area contributed by atoms with Crippen molar-refractivity contribution in [2.24, 2.45) is 27.9 Å². The van der Waals surface area contributed by atoms with Crippen LogP contribution in [-0.2, 0) is 42.9 Å². The molecule has 3 aliphatic rings. The molecular weight excluding hydrogens is 722 g/mol. The molecule has 310 valence electrons. The predicted molar refractivity (Wildman–Crippen MR) is 209 cm³/mol. The van der Waals surface area contributed by atoms with E-state index in [-0.39, 0.29) is 51.2 Å². The number of likely N-dealkylation sites (N-methyl/N-ethyl adjacent to an activating group) is 1. The Labute approximate surface area is 331 Å². The first-order valence-electron chi connectivity index (χ1n) is 19.5. The fourth-order valence-electron chi connectivity index (χ4n) is 7.84. The standard InChI is InChI=1S/C42H61N3O11/c1-11-34-42(8,50)35-21-32(43-29(6)46)25(2)22-41(7,52-24-31(23-51-35)44-53-19-15-18-30-16-13-12-14-17-30)38(27(4)36(47)28(5)39(49)55-34)56-40-37(48)33(45(9)10)20-26(3)54-40/h12-14,16-17,25-28,33-35,37-38,40,48,50H,11,19-24H2,1-10H3/b43-32?,44-31-/t25-,26-,27+,28-,33+,34-,35-,37-,38-,40+,41-,42-/m1/s1. The van der Waals surface area contributed by atoms with Crippen molar-refractivity contribution < 1.29 is 53.1 Å². The minimum Gasteiger partial charge on any atom is -0.459 e. The molecule has 0 spiro atoms. The molecule has 1 aromatic rings. The Kier molecular flexibility index (Phi) is 15.9. The third kappa shape index (κ3) is 11.3. The summed E-state index contributed by atoms with van der Waals surface area (Å²) in [6.45, 7) is 12.8. The summed E-state index contributed by atoms with van der Waals surface area (Å²) in [5, 5.41) is 28.1. The molecule has 2 N–H and O–H groups in total. The number of rotatable bonds is 6. The molecule has 2 bridgehead atoms. The van der Waals surface area contributed by atoms with Crippen LogP contribution in [0.4, 0.5) is 0 Å². The molecule has 1 amide bonds. The quantitative estimate of drug-likeness (QED) is 0.141. The van der Waals surface area contributed by atoms with Crippen molar-refractivity contribution in [3.05, 3.63) is 35.9 Å². The molecule has 14 nitrogen and oxygen atoms in total. The average molecular weight is 784 g/mol. The van der Waals surface area contributed by atoms with Gasteiger partial charge in [0.05, 0.1) is 37.1 Å². The summed E-state index contributed by atoms with van der Waals surface area (Å²) in [7, 11) is 3.73. The second-order valence-corrected chi connectivity index (χ2v) is 16.0. The number of ether oxygens (including phenoxy) is 5. The molecule has 3 saturated heterocycles. The summed E-state index contributed by atoms with van der Waals surface area (Å²) < 4.78 is 32.1. The number of Topliss-reactive ketones (excluding diaryl/α,β-unsaturated/α-hetero) is 1. The predicted octanol–water partition coefficient (Wildman–Crippen LogP) is 3.73. The van der Waals surface area contributed by atoms with Gasteiger partial charge >= 0.3 is 5.97 Å². The van der Waals surface area contributed by atoms with Gasteiger partial charge in [-0.05, 0) is 79.1 Å². The van der Waals surface area contributed by atoms with E-state index in [2.05, 4.69) is 22.0 Å². The van der Waals surface area contributed by atoms with Crippen LogP contribution in [0.25, 0.3) is 0 Å². The number of oxime groups is 1. The van der Waals surface area contributed by atoms with Gasteiger partial charge in [-0.25, -0.2) is 4.99 Å². The van der Waals surface area contributed by atoms with Crippen LogP contribution in [0, 0.1) is 29.6 Å². The number of ketones is 1. The fourth-order valence-corrected chi connectivity index (χ4v) is 7.84. The highest BCUT2D eigenvalue weighted by Gasteiger charge is 2.51. The number of fused-ring (bicyclic) bond motifs is 5. The van der Waals surface area contributed by atoms with Crippen molar-refractivity contribution in [1.82, 2.24) is 4.90 Å². The lowest BCUT2D eigenvalue weighted by Crippen LogP contribution is -2.59. The van der Waals surface area contributed by atoms with Gasteiger partial charge in [-0.2, -0.15) is 0 Å². The molecule has 1 aromatic carbocycles. The maximum atomic E-state index is 14.4. The van der Waals surface area contributed by atoms with Crippen molar-refractivity contribution in [3.8, 4) is 11.8 Å². The van der Waals surface area contributed by atoms with Crippen LogP contribution in [-0.4, -0.2) is 132 Å². The fraction of sp³-hybridized carbons (Fsp3) is 0.690. The van der Waals surface area contributed by atoms with E-state index in [4.69, 9.17) is 28.5 Å². The summed E-state index contributed by atoms with van der Waals surface area (Å²) in [5.74, 6) is 1.43. The van der Waals surface area contributed by atoms with Gasteiger partial charge in [-0.15, -0.1) is 0 Å². The van der Waals surface area contributed by atoms with Crippen LogP contribution < -0.4 is 0 Å². The van der Waals surface area contributed by atoms with E-state index in [1.165, 1.54) is 20.8 Å². The number of esters is 1. The van der Waals surface area contributed by atoms with Gasteiger partial charge < -0.3 is 43.6 Å². The lowest BCUT2D eigenvalue weighted by Gasteiger charge is -2.47. The zero-order chi connectivity index (χ0) is 41.4. The number of benzene rings is 1. The van der Waals surface area contributed by atoms with Crippen molar-refractivity contribution in [2.75, 3.05) is 33.9 Å². The SMILES string of the molecule is CC[C@H]1OC(=O)[C@H](C)C(=O)[C@H](C)[C@@H](O[C@@H]2O[C@H](C)C[C@H](N(C)C)[C@H]2O)[C@@]2(C)C[C@@H](C)C(=NC(C)=O)C[C@@H](OC/C(=N/OCC#Cc3ccccc3)CO2)[C@]1(C)O. The molecule has 14 heteroatoms. The highest BCUT2D eigenvalue weighted by atomic mass is 16.7. The Morgan fingerprint density at radius 1 is 1.09 bits per heavy atom. The normalized spacial score (nSPS) is 37.8. The highest BCUT2D eigenvalue weighted by Crippen LogP contribution is 2.39. The Morgan fingerprint density at radius 2 is 1.79 bits per heavy atom. The molecule has 56 heavy (non-hydrogen) atoms. The van der Waals surface area contributed by atoms with Crippen LogP contribution >= 0.6 is 0 Å². The summed E-state index contributed by atoms with van der Waals surface area (Å²) in [4.78, 5) is 52.7. The minimum atomic E-state index is -1.81. The first-order chi connectivity index (χ1) is 26.4. The first-order valence-corrected chi connectivity index (χ1v) is 19.5. The van der Waals surface area contributed by atoms with Gasteiger partial charge in [0.2, 0.25) is 5.91 Å². The summed E-state index contributed by atoms with van der Waals surface area (Å²) in [5.41, 5.74) is -1.68. The maximum Gasteiger partial charge on any atom is 0.316 e. The molecular formula is C42H61N3O11. The van der Waals surface area contributed by atoms with Crippen molar-refractivity contribution >= 4 is 29.1 Å². The summed E-state index contributed by atoms with van der Waals surface area (Å²) in [6, 6.07) is 9.12. The van der Waals surface area contributed by atoms with Crippen molar-refractivity contribution in [2.45, 2.75) is 135 Å². The third-order valence-corrected chi connectivity index (χ3v) is 11.1. The van der Waals surface area contributed by atoms with Gasteiger partial charge in [0, 0.05) is 36.6 Å². The number of hydrogen-bond acceptors (Lipinski definition) is 13. The van der Waals surface area contributed by atoms with E-state index in [0.29, 0.717) is 17.8 Å². The molecule has 0 unspecified atom stereocenters. The number of amides is 1. The number of nitrogens with zero attached hydrogens (tertiary/aromatic N) is 3. The Hall–Kier alpha value is -3.55. The van der Waals surface area contributed by atoms with Gasteiger partial charge in [0.25, 0.3) is 0 Å². The molecule has 3 aliphatic heterocycles. The Bertz CT molecular complexity index is 1640. The Morgan fingerprint density at radius 3 is 2.43 bits per heavy atom. The number of carbonyl (C=O) groups is 3. The van der Waals surface area contributed by atoms with E-state index in [1.807, 2.05) is 63.2 Å². The third-order valence-electron chi connectivity index (χ3n) is 11.1. The number of aliphatic hydroxyl groups excluding tert-OH is 1. The van der Waals surface area contributed by atoms with Crippen LogP contribution in [0.2, 0.25) is 0 Å². The Balaban J connectivity index is 1.88. The van der Waals surface area contributed by atoms with E-state index in [1.54, 1.807) is 20.8 Å². The monoisotopic (exact) mass is 783 g/mol. The molecule has 12 atom stereocenters. The first kappa shape index (κ1) is 45.2. The number of aliphatic imine (C=N–C) groups is 1. The van der Waals surface area contributed by atoms with Crippen LogP contribution in [0.15, 0.2) is 40.5 Å². The zero-order valence-corrected chi connectivity index (χ0v) is 34.5. The van der Waals surface area contributed by atoms with Gasteiger partial charge in [0.1, 0.15) is 29.4 Å². The smallest absolute Gasteiger partial charge is 0.316 e. The van der Waals surface area contributed by atoms with Crippen molar-refractivity contribution in [1.29, 1.82) is 0 Å². The second kappa shape index (κ2) is 19.7. The minimum absolute atomic E-state index is 0.0173. The number of carbonyl (C=O) groups excluding carboxylic acids is 3. The van der Waals surface area contributed by atoms with E-state index < -0.39 is 77.3 Å². The molecule has 0 aliphatic carbocycles. The lowest BCUT2D eigenvalue weighted by atomic mass is 9.76. The van der Waals surface area contributed by atoms with E-state index in [9.17, 15) is 24.6 Å². The van der Waals surface area contributed by atoms with Gasteiger partial charge in [0.15, 0.2) is 18.7 Å². The largest absolute Gasteiger partial charge is 0.459 e. The average Bonchev–Trinajstić information content (AvgIpc) is 3.16. The summed E-state index contributed by atoms with van der Waals surface area (Å²) in [6.07, 6.45) is -4.99. The second-order valence-electron chi connectivity index (χ2n) is 16.0. The topological polar surface area (TPSA) is 175 Å². The lowest BCUT2D eigenvalue weighted by molar-refractivity contribution is -0.296. The molecule has 3 fully saturated rings. The zero-order valence-electron chi connectivity index (χ0n) is 34.5. The van der Waals surface area contributed by atoms with E-state index in [0.717, 1.165) is 5.56 Å².